The van der Waals surface area contributed by atoms with Crippen LogP contribution in [-0.2, 0) is 0 Å². The summed E-state index contributed by atoms with van der Waals surface area (Å²) in [6.45, 7) is 4.12. The van der Waals surface area contributed by atoms with Crippen LogP contribution in [0.1, 0.15) is 29.9 Å². The van der Waals surface area contributed by atoms with Crippen molar-refractivity contribution in [3.05, 3.63) is 45.9 Å². The van der Waals surface area contributed by atoms with Crippen LogP contribution >= 0.6 is 34.7 Å². The molecule has 2 nitrogen and oxygen atoms in total. The van der Waals surface area contributed by atoms with E-state index in [1.54, 1.807) is 23.1 Å². The van der Waals surface area contributed by atoms with Gasteiger partial charge in [-0.1, -0.05) is 42.4 Å². The van der Waals surface area contributed by atoms with E-state index in [0.717, 1.165) is 21.5 Å². The molecule has 0 radical (unpaired) electrons. The zero-order valence-electron chi connectivity index (χ0n) is 11.0. The summed E-state index contributed by atoms with van der Waals surface area (Å²) < 4.78 is 1.07. The van der Waals surface area contributed by atoms with E-state index >= 15 is 0 Å². The zero-order valence-corrected chi connectivity index (χ0v) is 13.4. The Kier molecular flexibility index (Phi) is 5.28. The van der Waals surface area contributed by atoms with E-state index in [2.05, 4.69) is 29.4 Å². The summed E-state index contributed by atoms with van der Waals surface area (Å²) in [5, 5.41) is 3.04. The summed E-state index contributed by atoms with van der Waals surface area (Å²) in [7, 11) is 0. The van der Waals surface area contributed by atoms with Crippen LogP contribution in [0.25, 0.3) is 0 Å². The van der Waals surface area contributed by atoms with Gasteiger partial charge in [0.1, 0.15) is 0 Å². The smallest absolute Gasteiger partial charge is 0.150 e. The minimum absolute atomic E-state index is 0.107. The third kappa shape index (κ3) is 3.96. The number of nitrogens with two attached hydrogens (primary N) is 1. The molecule has 0 aliphatic heterocycles. The third-order valence-corrected chi connectivity index (χ3v) is 5.63. The Labute approximate surface area is 127 Å². The van der Waals surface area contributed by atoms with Gasteiger partial charge in [0, 0.05) is 22.1 Å². The van der Waals surface area contributed by atoms with Crippen LogP contribution < -0.4 is 5.73 Å². The fourth-order valence-electron chi connectivity index (χ4n) is 1.76. The quantitative estimate of drug-likeness (QED) is 0.815. The molecule has 2 aromatic rings. The SMILES string of the molecule is CCC(N)C(Sc1nc(C)cs1)c1ccc(Cl)cc1. The van der Waals surface area contributed by atoms with E-state index in [9.17, 15) is 0 Å². The number of aryl methyl sites for hydroxylation is 1. The summed E-state index contributed by atoms with van der Waals surface area (Å²) in [5.41, 5.74) is 8.53. The summed E-state index contributed by atoms with van der Waals surface area (Å²) in [4.78, 5) is 4.51. The van der Waals surface area contributed by atoms with Gasteiger partial charge in [-0.3, -0.25) is 0 Å². The first kappa shape index (κ1) is 14.9. The molecule has 2 unspecified atom stereocenters. The van der Waals surface area contributed by atoms with E-state index in [4.69, 9.17) is 17.3 Å². The number of hydrogen-bond acceptors (Lipinski definition) is 4. The van der Waals surface area contributed by atoms with Crippen LogP contribution in [0.4, 0.5) is 0 Å². The van der Waals surface area contributed by atoms with E-state index < -0.39 is 0 Å². The van der Waals surface area contributed by atoms with Crippen molar-refractivity contribution in [2.45, 2.75) is 35.9 Å². The highest BCUT2D eigenvalue weighted by atomic mass is 35.5. The molecular weight excluding hydrogens is 296 g/mol. The maximum Gasteiger partial charge on any atom is 0.150 e. The molecule has 1 aromatic heterocycles. The van der Waals surface area contributed by atoms with Crippen LogP contribution in [0.15, 0.2) is 34.0 Å². The Hall–Kier alpha value is -0.550. The number of rotatable bonds is 5. The van der Waals surface area contributed by atoms with Crippen molar-refractivity contribution in [2.75, 3.05) is 0 Å². The Morgan fingerprint density at radius 2 is 2.05 bits per heavy atom. The number of halogens is 1. The molecule has 0 saturated carbocycles. The first-order chi connectivity index (χ1) is 9.10. The topological polar surface area (TPSA) is 38.9 Å². The minimum atomic E-state index is 0.107. The predicted octanol–water partition coefficient (Wildman–Crippen LogP) is 4.68. The maximum atomic E-state index is 6.26. The lowest BCUT2D eigenvalue weighted by molar-refractivity contribution is 0.634. The lowest BCUT2D eigenvalue weighted by Crippen LogP contribution is -2.25. The van der Waals surface area contributed by atoms with Gasteiger partial charge < -0.3 is 5.73 Å². The molecule has 0 fully saturated rings. The third-order valence-electron chi connectivity index (χ3n) is 2.88. The molecule has 2 atom stereocenters. The average Bonchev–Trinajstić information content (AvgIpc) is 2.82. The lowest BCUT2D eigenvalue weighted by Gasteiger charge is -2.21. The Morgan fingerprint density at radius 1 is 1.37 bits per heavy atom. The molecule has 1 heterocycles. The Bertz CT molecular complexity index is 524. The van der Waals surface area contributed by atoms with Crippen LogP contribution in [0, 0.1) is 6.92 Å². The largest absolute Gasteiger partial charge is 0.326 e. The first-order valence-electron chi connectivity index (χ1n) is 6.20. The Balaban J connectivity index is 2.23. The molecule has 2 rings (SSSR count). The summed E-state index contributed by atoms with van der Waals surface area (Å²) >= 11 is 9.36. The zero-order chi connectivity index (χ0) is 13.8. The minimum Gasteiger partial charge on any atom is -0.326 e. The lowest BCUT2D eigenvalue weighted by atomic mass is 10.0. The van der Waals surface area contributed by atoms with Gasteiger partial charge in [-0.05, 0) is 31.0 Å². The van der Waals surface area contributed by atoms with E-state index in [-0.39, 0.29) is 11.3 Å². The second kappa shape index (κ2) is 6.75. The van der Waals surface area contributed by atoms with Gasteiger partial charge in [0.15, 0.2) is 4.34 Å². The van der Waals surface area contributed by atoms with Crippen molar-refractivity contribution in [1.29, 1.82) is 0 Å². The highest BCUT2D eigenvalue weighted by Gasteiger charge is 2.21. The van der Waals surface area contributed by atoms with Crippen LogP contribution in [0.2, 0.25) is 5.02 Å². The van der Waals surface area contributed by atoms with Crippen LogP contribution in [-0.4, -0.2) is 11.0 Å². The van der Waals surface area contributed by atoms with Crippen molar-refractivity contribution in [3.8, 4) is 0 Å². The predicted molar refractivity (Wildman–Crippen MR) is 85.2 cm³/mol. The summed E-state index contributed by atoms with van der Waals surface area (Å²) in [5.74, 6) is 0. The van der Waals surface area contributed by atoms with Crippen molar-refractivity contribution in [1.82, 2.24) is 4.98 Å². The molecule has 2 N–H and O–H groups in total. The molecular formula is C14H17ClN2S2. The number of thiazole rings is 1. The summed E-state index contributed by atoms with van der Waals surface area (Å²) in [6.07, 6.45) is 0.935. The molecule has 0 aliphatic carbocycles. The number of hydrogen-bond donors (Lipinski definition) is 1. The normalized spacial score (nSPS) is 14.3. The van der Waals surface area contributed by atoms with Gasteiger partial charge in [-0.15, -0.1) is 11.3 Å². The number of benzene rings is 1. The Morgan fingerprint density at radius 3 is 2.58 bits per heavy atom. The molecule has 0 spiro atoms. The van der Waals surface area contributed by atoms with Crippen LogP contribution in [0.3, 0.4) is 0 Å². The second-order valence-corrected chi connectivity index (χ2v) is 7.10. The fraction of sp³-hybridized carbons (Fsp3) is 0.357. The number of thioether (sulfide) groups is 1. The summed E-state index contributed by atoms with van der Waals surface area (Å²) in [6, 6.07) is 8.04. The number of aromatic nitrogens is 1. The average molecular weight is 313 g/mol. The standard InChI is InChI=1S/C14H17ClN2S2/c1-3-12(16)13(10-4-6-11(15)7-5-10)19-14-17-9(2)8-18-14/h4-8,12-13H,3,16H2,1-2H3. The van der Waals surface area contributed by atoms with Crippen molar-refractivity contribution in [2.24, 2.45) is 5.73 Å². The monoisotopic (exact) mass is 312 g/mol. The molecule has 19 heavy (non-hydrogen) atoms. The van der Waals surface area contributed by atoms with Gasteiger partial charge >= 0.3 is 0 Å². The van der Waals surface area contributed by atoms with Gasteiger partial charge in [-0.2, -0.15) is 0 Å². The molecule has 0 bridgehead atoms. The highest BCUT2D eigenvalue weighted by molar-refractivity contribution is 8.01. The molecule has 0 saturated heterocycles. The van der Waals surface area contributed by atoms with Gasteiger partial charge in [0.2, 0.25) is 0 Å². The molecule has 0 amide bonds. The first-order valence-corrected chi connectivity index (χ1v) is 8.33. The van der Waals surface area contributed by atoms with E-state index in [1.165, 1.54) is 5.56 Å². The molecule has 0 aliphatic rings. The maximum absolute atomic E-state index is 6.26. The van der Waals surface area contributed by atoms with Gasteiger partial charge in [-0.25, -0.2) is 4.98 Å². The molecule has 1 aromatic carbocycles. The molecule has 102 valence electrons. The molecule has 5 heteroatoms. The van der Waals surface area contributed by atoms with Gasteiger partial charge in [0.25, 0.3) is 0 Å². The van der Waals surface area contributed by atoms with Crippen molar-refractivity contribution in [3.63, 3.8) is 0 Å². The van der Waals surface area contributed by atoms with Gasteiger partial charge in [0.05, 0.1) is 5.25 Å². The van der Waals surface area contributed by atoms with Crippen molar-refractivity contribution >= 4 is 34.7 Å². The van der Waals surface area contributed by atoms with Crippen molar-refractivity contribution < 1.29 is 0 Å². The number of nitrogens with zero attached hydrogens (tertiary/aromatic N) is 1. The van der Waals surface area contributed by atoms with E-state index in [1.807, 2.05) is 19.1 Å². The van der Waals surface area contributed by atoms with Crippen LogP contribution in [0.5, 0.6) is 0 Å². The fourth-order valence-corrected chi connectivity index (χ4v) is 4.16. The second-order valence-electron chi connectivity index (χ2n) is 4.42. The highest BCUT2D eigenvalue weighted by Crippen LogP contribution is 2.39. The van der Waals surface area contributed by atoms with E-state index in [0.29, 0.717) is 0 Å².